The van der Waals surface area contributed by atoms with E-state index in [1.54, 1.807) is 0 Å². The molecular weight excluding hydrogens is 322 g/mol. The number of para-hydroxylation sites is 1. The number of anilines is 1. The molecule has 2 aromatic carbocycles. The zero-order valence-corrected chi connectivity index (χ0v) is 15.2. The molecule has 2 heterocycles. The molecule has 4 rings (SSSR count). The van der Waals surface area contributed by atoms with Crippen LogP contribution in [0.1, 0.15) is 12.0 Å². The molecule has 0 spiro atoms. The lowest BCUT2D eigenvalue weighted by molar-refractivity contribution is 0.212. The standard InChI is InChI=1S/C22H27N3O/c26-22(23-21-11-5-2-6-12-21)25-16-19-14-24(15-20(19)17-25)13-7-10-18-8-3-1-4-9-18/h1-6,8-9,11-12,19-20H,7,10,13-17H2,(H,23,26). The summed E-state index contributed by atoms with van der Waals surface area (Å²) < 4.78 is 0. The number of amides is 2. The van der Waals surface area contributed by atoms with Gasteiger partial charge in [-0.2, -0.15) is 0 Å². The number of aryl methyl sites for hydroxylation is 1. The molecule has 2 aliphatic heterocycles. The predicted octanol–water partition coefficient (Wildman–Crippen LogP) is 3.71. The summed E-state index contributed by atoms with van der Waals surface area (Å²) in [7, 11) is 0. The highest BCUT2D eigenvalue weighted by Crippen LogP contribution is 2.31. The Morgan fingerprint density at radius 2 is 1.50 bits per heavy atom. The second-order valence-electron chi connectivity index (χ2n) is 7.57. The number of hydrogen-bond acceptors (Lipinski definition) is 2. The van der Waals surface area contributed by atoms with E-state index < -0.39 is 0 Å². The summed E-state index contributed by atoms with van der Waals surface area (Å²) in [6, 6.07) is 20.5. The van der Waals surface area contributed by atoms with Gasteiger partial charge in [0.15, 0.2) is 0 Å². The Labute approximate surface area is 155 Å². The molecule has 0 radical (unpaired) electrons. The summed E-state index contributed by atoms with van der Waals surface area (Å²) in [6.07, 6.45) is 2.36. The van der Waals surface area contributed by atoms with E-state index >= 15 is 0 Å². The van der Waals surface area contributed by atoms with E-state index in [0.717, 1.165) is 44.8 Å². The fraction of sp³-hybridized carbons (Fsp3) is 0.409. The minimum atomic E-state index is 0.0428. The topological polar surface area (TPSA) is 35.6 Å². The number of rotatable bonds is 5. The molecule has 4 nitrogen and oxygen atoms in total. The maximum atomic E-state index is 12.5. The van der Waals surface area contributed by atoms with Crippen molar-refractivity contribution in [2.45, 2.75) is 12.8 Å². The van der Waals surface area contributed by atoms with Crippen molar-refractivity contribution < 1.29 is 4.79 Å². The third-order valence-corrected chi connectivity index (χ3v) is 5.66. The van der Waals surface area contributed by atoms with Crippen LogP contribution in [0.25, 0.3) is 0 Å². The maximum Gasteiger partial charge on any atom is 0.321 e. The number of urea groups is 1. The van der Waals surface area contributed by atoms with Gasteiger partial charge >= 0.3 is 6.03 Å². The Balaban J connectivity index is 1.21. The van der Waals surface area contributed by atoms with E-state index in [1.807, 2.05) is 35.2 Å². The van der Waals surface area contributed by atoms with Gasteiger partial charge in [-0.3, -0.25) is 0 Å². The van der Waals surface area contributed by atoms with Gasteiger partial charge in [-0.15, -0.1) is 0 Å². The molecule has 2 atom stereocenters. The van der Waals surface area contributed by atoms with Gasteiger partial charge in [0, 0.05) is 31.9 Å². The van der Waals surface area contributed by atoms with Crippen LogP contribution in [0.5, 0.6) is 0 Å². The molecular formula is C22H27N3O. The number of nitrogens with zero attached hydrogens (tertiary/aromatic N) is 2. The lowest BCUT2D eigenvalue weighted by Crippen LogP contribution is -2.36. The normalized spacial score (nSPS) is 22.4. The number of fused-ring (bicyclic) bond motifs is 1. The van der Waals surface area contributed by atoms with Gasteiger partial charge in [-0.1, -0.05) is 48.5 Å². The van der Waals surface area contributed by atoms with E-state index in [1.165, 1.54) is 12.0 Å². The first-order chi connectivity index (χ1) is 12.8. The largest absolute Gasteiger partial charge is 0.324 e. The van der Waals surface area contributed by atoms with Gasteiger partial charge in [-0.05, 0) is 48.9 Å². The second kappa shape index (κ2) is 7.92. The first kappa shape index (κ1) is 17.1. The zero-order valence-electron chi connectivity index (χ0n) is 15.2. The molecule has 2 aliphatic rings. The lowest BCUT2D eigenvalue weighted by atomic mass is 10.0. The van der Waals surface area contributed by atoms with Crippen LogP contribution in [-0.2, 0) is 6.42 Å². The van der Waals surface area contributed by atoms with Crippen molar-refractivity contribution in [3.63, 3.8) is 0 Å². The van der Waals surface area contributed by atoms with Crippen LogP contribution in [0, 0.1) is 11.8 Å². The highest BCUT2D eigenvalue weighted by Gasteiger charge is 2.41. The average Bonchev–Trinajstić information content (AvgIpc) is 3.22. The predicted molar refractivity (Wildman–Crippen MR) is 105 cm³/mol. The number of nitrogens with one attached hydrogen (secondary N) is 1. The molecule has 1 N–H and O–H groups in total. The first-order valence-corrected chi connectivity index (χ1v) is 9.65. The van der Waals surface area contributed by atoms with Crippen LogP contribution in [0.3, 0.4) is 0 Å². The van der Waals surface area contributed by atoms with Crippen molar-refractivity contribution in [2.75, 3.05) is 38.0 Å². The summed E-state index contributed by atoms with van der Waals surface area (Å²) >= 11 is 0. The molecule has 2 aromatic rings. The van der Waals surface area contributed by atoms with E-state index in [-0.39, 0.29) is 6.03 Å². The summed E-state index contributed by atoms with van der Waals surface area (Å²) in [4.78, 5) is 17.0. The summed E-state index contributed by atoms with van der Waals surface area (Å²) in [5.41, 5.74) is 2.30. The van der Waals surface area contributed by atoms with Crippen molar-refractivity contribution in [1.29, 1.82) is 0 Å². The Morgan fingerprint density at radius 3 is 2.15 bits per heavy atom. The molecule has 2 unspecified atom stereocenters. The maximum absolute atomic E-state index is 12.5. The molecule has 136 valence electrons. The highest BCUT2D eigenvalue weighted by molar-refractivity contribution is 5.89. The summed E-state index contributed by atoms with van der Waals surface area (Å²) in [5.74, 6) is 1.27. The van der Waals surface area contributed by atoms with Gasteiger partial charge in [0.1, 0.15) is 0 Å². The molecule has 2 amide bonds. The Hall–Kier alpha value is -2.33. The number of carbonyl (C=O) groups excluding carboxylic acids is 1. The van der Waals surface area contributed by atoms with E-state index in [2.05, 4.69) is 40.5 Å². The van der Waals surface area contributed by atoms with Crippen LogP contribution in [0.15, 0.2) is 60.7 Å². The van der Waals surface area contributed by atoms with Crippen LogP contribution in [0.4, 0.5) is 10.5 Å². The first-order valence-electron chi connectivity index (χ1n) is 9.65. The van der Waals surface area contributed by atoms with Crippen LogP contribution in [-0.4, -0.2) is 48.6 Å². The number of benzene rings is 2. The van der Waals surface area contributed by atoms with Gasteiger partial charge in [0.2, 0.25) is 0 Å². The molecule has 2 saturated heterocycles. The molecule has 0 saturated carbocycles. The van der Waals surface area contributed by atoms with E-state index in [0.29, 0.717) is 11.8 Å². The Kier molecular flexibility index (Phi) is 5.21. The molecule has 26 heavy (non-hydrogen) atoms. The quantitative estimate of drug-likeness (QED) is 0.893. The third kappa shape index (κ3) is 4.07. The third-order valence-electron chi connectivity index (χ3n) is 5.66. The van der Waals surface area contributed by atoms with Crippen molar-refractivity contribution in [3.8, 4) is 0 Å². The van der Waals surface area contributed by atoms with Crippen LogP contribution < -0.4 is 5.32 Å². The van der Waals surface area contributed by atoms with Crippen molar-refractivity contribution in [3.05, 3.63) is 66.2 Å². The van der Waals surface area contributed by atoms with Crippen molar-refractivity contribution >= 4 is 11.7 Å². The van der Waals surface area contributed by atoms with Crippen molar-refractivity contribution in [2.24, 2.45) is 11.8 Å². The lowest BCUT2D eigenvalue weighted by Gasteiger charge is -2.22. The van der Waals surface area contributed by atoms with Gasteiger partial charge in [0.05, 0.1) is 0 Å². The number of carbonyl (C=O) groups is 1. The minimum Gasteiger partial charge on any atom is -0.324 e. The van der Waals surface area contributed by atoms with Crippen LogP contribution in [0.2, 0.25) is 0 Å². The number of likely N-dealkylation sites (tertiary alicyclic amines) is 2. The second-order valence-corrected chi connectivity index (χ2v) is 7.57. The van der Waals surface area contributed by atoms with Gasteiger partial charge in [-0.25, -0.2) is 4.79 Å². The minimum absolute atomic E-state index is 0.0428. The Morgan fingerprint density at radius 1 is 0.885 bits per heavy atom. The molecule has 2 fully saturated rings. The molecule has 4 heteroatoms. The van der Waals surface area contributed by atoms with Crippen molar-refractivity contribution in [1.82, 2.24) is 9.80 Å². The SMILES string of the molecule is O=C(Nc1ccccc1)N1CC2CN(CCCc3ccccc3)CC2C1. The highest BCUT2D eigenvalue weighted by atomic mass is 16.2. The van der Waals surface area contributed by atoms with E-state index in [4.69, 9.17) is 0 Å². The fourth-order valence-electron chi connectivity index (χ4n) is 4.31. The summed E-state index contributed by atoms with van der Waals surface area (Å²) in [6.45, 7) is 5.21. The smallest absolute Gasteiger partial charge is 0.321 e. The monoisotopic (exact) mass is 349 g/mol. The molecule has 0 aromatic heterocycles. The zero-order chi connectivity index (χ0) is 17.8. The van der Waals surface area contributed by atoms with Gasteiger partial charge in [0.25, 0.3) is 0 Å². The van der Waals surface area contributed by atoms with Crippen LogP contribution >= 0.6 is 0 Å². The average molecular weight is 349 g/mol. The van der Waals surface area contributed by atoms with E-state index in [9.17, 15) is 4.79 Å². The molecule has 0 aliphatic carbocycles. The molecule has 0 bridgehead atoms. The fourth-order valence-corrected chi connectivity index (χ4v) is 4.31. The number of hydrogen-bond donors (Lipinski definition) is 1. The summed E-state index contributed by atoms with van der Waals surface area (Å²) in [5, 5.41) is 3.01. The van der Waals surface area contributed by atoms with Gasteiger partial charge < -0.3 is 15.1 Å². The Bertz CT molecular complexity index is 705.